The van der Waals surface area contributed by atoms with Gasteiger partial charge in [0.2, 0.25) is 0 Å². The Balaban J connectivity index is 2.82. The highest BCUT2D eigenvalue weighted by atomic mass is 14.1. The Labute approximate surface area is 62.6 Å². The molecule has 1 aliphatic carbocycles. The molecular formula is C10H12. The van der Waals surface area contributed by atoms with E-state index in [0.717, 1.165) is 12.0 Å². The Bertz CT molecular complexity index is 223. The van der Waals surface area contributed by atoms with Crippen molar-refractivity contribution < 1.29 is 0 Å². The Kier molecular flexibility index (Phi) is 1.97. The quantitative estimate of drug-likeness (QED) is 0.444. The molecule has 10 heavy (non-hydrogen) atoms. The van der Waals surface area contributed by atoms with Gasteiger partial charge in [-0.2, -0.15) is 0 Å². The normalized spacial score (nSPS) is 24.7. The molecule has 0 nitrogen and oxygen atoms in total. The molecular weight excluding hydrogens is 120 g/mol. The summed E-state index contributed by atoms with van der Waals surface area (Å²) in [6, 6.07) is 0. The number of terminal acetylenes is 1. The van der Waals surface area contributed by atoms with Crippen LogP contribution in [0, 0.1) is 18.3 Å². The maximum Gasteiger partial charge on any atom is 0.0202 e. The second kappa shape index (κ2) is 2.75. The Morgan fingerprint density at radius 2 is 2.40 bits per heavy atom. The highest BCUT2D eigenvalue weighted by molar-refractivity contribution is 5.40. The van der Waals surface area contributed by atoms with Crippen LogP contribution in [0.1, 0.15) is 20.3 Å². The minimum absolute atomic E-state index is 0.678. The smallest absolute Gasteiger partial charge is 0.0202 e. The molecule has 0 N–H and O–H groups in total. The van der Waals surface area contributed by atoms with Gasteiger partial charge in [0.15, 0.2) is 0 Å². The summed E-state index contributed by atoms with van der Waals surface area (Å²) in [5.41, 5.74) is 2.44. The third-order valence-electron chi connectivity index (χ3n) is 2.02. The first kappa shape index (κ1) is 7.15. The summed E-state index contributed by atoms with van der Waals surface area (Å²) in [5.74, 6) is 3.32. The summed E-state index contributed by atoms with van der Waals surface area (Å²) in [4.78, 5) is 0. The van der Waals surface area contributed by atoms with E-state index in [9.17, 15) is 0 Å². The van der Waals surface area contributed by atoms with E-state index in [2.05, 4.69) is 31.9 Å². The molecule has 0 unspecified atom stereocenters. The minimum atomic E-state index is 0.678. The van der Waals surface area contributed by atoms with Crippen LogP contribution in [0.5, 0.6) is 0 Å². The van der Waals surface area contributed by atoms with Crippen LogP contribution in [0.15, 0.2) is 23.3 Å². The van der Waals surface area contributed by atoms with E-state index in [1.165, 1.54) is 5.57 Å². The zero-order valence-electron chi connectivity index (χ0n) is 6.52. The average Bonchev–Trinajstić information content (AvgIpc) is 1.95. The third-order valence-corrected chi connectivity index (χ3v) is 2.02. The van der Waals surface area contributed by atoms with Crippen LogP contribution in [0.2, 0.25) is 0 Å². The van der Waals surface area contributed by atoms with E-state index >= 15 is 0 Å². The van der Waals surface area contributed by atoms with Gasteiger partial charge in [0.05, 0.1) is 0 Å². The summed E-state index contributed by atoms with van der Waals surface area (Å²) in [6.45, 7) is 4.35. The van der Waals surface area contributed by atoms with Crippen LogP contribution < -0.4 is 0 Å². The largest absolute Gasteiger partial charge is 0.115 e. The van der Waals surface area contributed by atoms with Gasteiger partial charge in [0.25, 0.3) is 0 Å². The molecule has 0 radical (unpaired) electrons. The molecule has 0 heterocycles. The van der Waals surface area contributed by atoms with Gasteiger partial charge in [0, 0.05) is 5.57 Å². The molecule has 0 aromatic heterocycles. The summed E-state index contributed by atoms with van der Waals surface area (Å²) in [5, 5.41) is 0. The summed E-state index contributed by atoms with van der Waals surface area (Å²) >= 11 is 0. The molecule has 52 valence electrons. The predicted octanol–water partition coefficient (Wildman–Crippen LogP) is 2.53. The van der Waals surface area contributed by atoms with Crippen molar-refractivity contribution in [3.8, 4) is 12.3 Å². The fourth-order valence-corrected chi connectivity index (χ4v) is 1.04. The lowest BCUT2D eigenvalue weighted by Crippen LogP contribution is -1.99. The number of rotatable bonds is 0. The van der Waals surface area contributed by atoms with Crippen molar-refractivity contribution in [1.82, 2.24) is 0 Å². The summed E-state index contributed by atoms with van der Waals surface area (Å²) in [6.07, 6.45) is 10.6. The van der Waals surface area contributed by atoms with Crippen LogP contribution in [0.3, 0.4) is 0 Å². The van der Waals surface area contributed by atoms with Crippen LogP contribution in [0.25, 0.3) is 0 Å². The zero-order chi connectivity index (χ0) is 7.56. The van der Waals surface area contributed by atoms with Gasteiger partial charge >= 0.3 is 0 Å². The van der Waals surface area contributed by atoms with E-state index < -0.39 is 0 Å². The van der Waals surface area contributed by atoms with E-state index in [1.807, 2.05) is 0 Å². The standard InChI is InChI=1S/C10H12/c1-4-10-6-5-8(2)9(3)7-10/h1,6-8H,5H2,2-3H3/t8-/m1/s1. The summed E-state index contributed by atoms with van der Waals surface area (Å²) in [7, 11) is 0. The van der Waals surface area contributed by atoms with Crippen molar-refractivity contribution >= 4 is 0 Å². The first-order valence-electron chi connectivity index (χ1n) is 3.59. The molecule has 1 atom stereocenters. The molecule has 0 aromatic rings. The van der Waals surface area contributed by atoms with Gasteiger partial charge in [-0.25, -0.2) is 0 Å². The Morgan fingerprint density at radius 3 is 2.90 bits per heavy atom. The number of allylic oxidation sites excluding steroid dienone is 4. The summed E-state index contributed by atoms with van der Waals surface area (Å²) < 4.78 is 0. The lowest BCUT2D eigenvalue weighted by atomic mass is 9.91. The molecule has 0 saturated carbocycles. The highest BCUT2D eigenvalue weighted by Crippen LogP contribution is 2.21. The van der Waals surface area contributed by atoms with Gasteiger partial charge in [-0.1, -0.05) is 24.5 Å². The van der Waals surface area contributed by atoms with Crippen LogP contribution in [-0.2, 0) is 0 Å². The van der Waals surface area contributed by atoms with Crippen molar-refractivity contribution in [3.63, 3.8) is 0 Å². The van der Waals surface area contributed by atoms with Crippen LogP contribution in [-0.4, -0.2) is 0 Å². The second-order valence-electron chi connectivity index (χ2n) is 2.83. The topological polar surface area (TPSA) is 0 Å². The third kappa shape index (κ3) is 1.30. The molecule has 0 spiro atoms. The van der Waals surface area contributed by atoms with Crippen LogP contribution in [0.4, 0.5) is 0 Å². The first-order chi connectivity index (χ1) is 4.74. The second-order valence-corrected chi connectivity index (χ2v) is 2.83. The maximum atomic E-state index is 5.25. The molecule has 0 bridgehead atoms. The van der Waals surface area contributed by atoms with Gasteiger partial charge in [-0.3, -0.25) is 0 Å². The van der Waals surface area contributed by atoms with Gasteiger partial charge < -0.3 is 0 Å². The van der Waals surface area contributed by atoms with Crippen LogP contribution >= 0.6 is 0 Å². The minimum Gasteiger partial charge on any atom is -0.115 e. The fourth-order valence-electron chi connectivity index (χ4n) is 1.04. The zero-order valence-corrected chi connectivity index (χ0v) is 6.52. The van der Waals surface area contributed by atoms with Crippen molar-refractivity contribution in [3.05, 3.63) is 23.3 Å². The highest BCUT2D eigenvalue weighted by Gasteiger charge is 2.07. The van der Waals surface area contributed by atoms with E-state index in [0.29, 0.717) is 5.92 Å². The number of hydrogen-bond acceptors (Lipinski definition) is 0. The Morgan fingerprint density at radius 1 is 1.70 bits per heavy atom. The van der Waals surface area contributed by atoms with Crippen molar-refractivity contribution in [2.45, 2.75) is 20.3 Å². The molecule has 0 amide bonds. The lowest BCUT2D eigenvalue weighted by molar-refractivity contribution is 0.684. The molecule has 0 aromatic carbocycles. The molecule has 0 aliphatic heterocycles. The van der Waals surface area contributed by atoms with E-state index in [1.54, 1.807) is 0 Å². The van der Waals surface area contributed by atoms with Gasteiger partial charge in [-0.15, -0.1) is 6.42 Å². The Hall–Kier alpha value is -0.960. The maximum absolute atomic E-state index is 5.25. The predicted molar refractivity (Wildman–Crippen MR) is 44.5 cm³/mol. The van der Waals surface area contributed by atoms with Gasteiger partial charge in [0.1, 0.15) is 0 Å². The molecule has 0 saturated heterocycles. The number of hydrogen-bond donors (Lipinski definition) is 0. The van der Waals surface area contributed by atoms with E-state index in [-0.39, 0.29) is 0 Å². The molecule has 0 fully saturated rings. The van der Waals surface area contributed by atoms with Crippen molar-refractivity contribution in [2.75, 3.05) is 0 Å². The molecule has 1 aliphatic rings. The molecule has 1 rings (SSSR count). The first-order valence-corrected chi connectivity index (χ1v) is 3.59. The van der Waals surface area contributed by atoms with Crippen molar-refractivity contribution in [1.29, 1.82) is 0 Å². The van der Waals surface area contributed by atoms with Crippen molar-refractivity contribution in [2.24, 2.45) is 5.92 Å². The molecule has 0 heteroatoms. The SMILES string of the molecule is C#CC1=CC[C@@H](C)C(C)=C1. The monoisotopic (exact) mass is 132 g/mol. The lowest BCUT2D eigenvalue weighted by Gasteiger charge is -2.14. The van der Waals surface area contributed by atoms with E-state index in [4.69, 9.17) is 6.42 Å². The average molecular weight is 132 g/mol. The van der Waals surface area contributed by atoms with Gasteiger partial charge in [-0.05, 0) is 25.3 Å². The fraction of sp³-hybridized carbons (Fsp3) is 0.400.